The fraction of sp³-hybridized carbons (Fsp3) is 0.462. The summed E-state index contributed by atoms with van der Waals surface area (Å²) in [7, 11) is -3.55. The molecule has 2 rings (SSSR count). The molecule has 2 aromatic rings. The Balaban J connectivity index is 2.22. The molecule has 0 unspecified atom stereocenters. The lowest BCUT2D eigenvalue weighted by Crippen LogP contribution is -2.48. The van der Waals surface area contributed by atoms with Crippen molar-refractivity contribution in [3.63, 3.8) is 0 Å². The van der Waals surface area contributed by atoms with Crippen molar-refractivity contribution >= 4 is 50.7 Å². The monoisotopic (exact) mass is 555 g/mol. The Labute approximate surface area is 224 Å². The fourth-order valence-corrected chi connectivity index (χ4v) is 5.15. The molecule has 0 saturated carbocycles. The highest BCUT2D eigenvalue weighted by molar-refractivity contribution is 7.92. The van der Waals surface area contributed by atoms with E-state index in [-0.39, 0.29) is 43.7 Å². The van der Waals surface area contributed by atoms with E-state index in [1.807, 2.05) is 26.8 Å². The van der Waals surface area contributed by atoms with Crippen LogP contribution < -0.4 is 9.62 Å². The second-order valence-corrected chi connectivity index (χ2v) is 12.0. The van der Waals surface area contributed by atoms with Gasteiger partial charge < -0.3 is 10.2 Å². The van der Waals surface area contributed by atoms with Crippen LogP contribution in [0.15, 0.2) is 42.5 Å². The molecule has 0 aromatic heterocycles. The number of rotatable bonds is 12. The first-order chi connectivity index (χ1) is 16.8. The van der Waals surface area contributed by atoms with Crippen LogP contribution in [0.25, 0.3) is 0 Å². The lowest BCUT2D eigenvalue weighted by atomic mass is 10.1. The highest BCUT2D eigenvalue weighted by Crippen LogP contribution is 2.27. The number of carbonyl (C=O) groups excluding carboxylic acids is 2. The van der Waals surface area contributed by atoms with E-state index >= 15 is 0 Å². The molecule has 198 valence electrons. The van der Waals surface area contributed by atoms with Gasteiger partial charge in [-0.2, -0.15) is 0 Å². The fourth-order valence-electron chi connectivity index (χ4n) is 3.68. The van der Waals surface area contributed by atoms with Crippen molar-refractivity contribution in [3.8, 4) is 0 Å². The summed E-state index contributed by atoms with van der Waals surface area (Å²) >= 11 is 12.7. The third kappa shape index (κ3) is 8.68. The van der Waals surface area contributed by atoms with E-state index in [2.05, 4.69) is 5.32 Å². The number of sulfonamides is 1. The quantitative estimate of drug-likeness (QED) is 0.397. The summed E-state index contributed by atoms with van der Waals surface area (Å²) in [5, 5.41) is 3.67. The van der Waals surface area contributed by atoms with E-state index in [0.717, 1.165) is 11.8 Å². The topological polar surface area (TPSA) is 86.8 Å². The number of benzene rings is 2. The van der Waals surface area contributed by atoms with Gasteiger partial charge in [-0.15, -0.1) is 0 Å². The van der Waals surface area contributed by atoms with Gasteiger partial charge in [0.05, 0.1) is 11.9 Å². The molecule has 0 aliphatic heterocycles. The molecule has 1 N–H and O–H groups in total. The summed E-state index contributed by atoms with van der Waals surface area (Å²) in [6.07, 6.45) is 1.46. The van der Waals surface area contributed by atoms with Crippen LogP contribution in [0.5, 0.6) is 0 Å². The van der Waals surface area contributed by atoms with Gasteiger partial charge in [-0.3, -0.25) is 13.9 Å². The number of nitrogens with zero attached hydrogens (tertiary/aromatic N) is 2. The van der Waals surface area contributed by atoms with Crippen LogP contribution in [-0.4, -0.2) is 50.5 Å². The molecule has 2 amide bonds. The van der Waals surface area contributed by atoms with Crippen molar-refractivity contribution in [1.82, 2.24) is 10.2 Å². The number of nitrogens with one attached hydrogen (secondary N) is 1. The van der Waals surface area contributed by atoms with Gasteiger partial charge in [0.1, 0.15) is 6.04 Å². The molecule has 0 aliphatic carbocycles. The van der Waals surface area contributed by atoms with Gasteiger partial charge in [-0.1, -0.05) is 55.2 Å². The molecular formula is C26H35Cl2N3O4S. The Kier molecular flexibility index (Phi) is 11.1. The van der Waals surface area contributed by atoms with Crippen molar-refractivity contribution < 1.29 is 18.0 Å². The highest BCUT2D eigenvalue weighted by Gasteiger charge is 2.28. The Bertz CT molecular complexity index is 1150. The van der Waals surface area contributed by atoms with E-state index in [1.54, 1.807) is 43.3 Å². The normalized spacial score (nSPS) is 12.3. The molecule has 0 spiro atoms. The Morgan fingerprint density at radius 1 is 1.03 bits per heavy atom. The third-order valence-electron chi connectivity index (χ3n) is 5.68. The minimum Gasteiger partial charge on any atom is -0.354 e. The van der Waals surface area contributed by atoms with Crippen molar-refractivity contribution in [2.45, 2.75) is 53.1 Å². The molecule has 0 heterocycles. The van der Waals surface area contributed by atoms with Gasteiger partial charge in [0.25, 0.3) is 0 Å². The number of halogens is 2. The molecule has 1 atom stereocenters. The second-order valence-electron chi connectivity index (χ2n) is 9.31. The molecule has 7 nitrogen and oxygen atoms in total. The van der Waals surface area contributed by atoms with Crippen LogP contribution in [0, 0.1) is 12.8 Å². The van der Waals surface area contributed by atoms with E-state index < -0.39 is 16.1 Å². The van der Waals surface area contributed by atoms with E-state index in [9.17, 15) is 18.0 Å². The maximum absolute atomic E-state index is 13.4. The van der Waals surface area contributed by atoms with Crippen LogP contribution >= 0.6 is 23.2 Å². The van der Waals surface area contributed by atoms with Gasteiger partial charge in [0, 0.05) is 41.7 Å². The summed E-state index contributed by atoms with van der Waals surface area (Å²) in [5.41, 5.74) is 2.03. The summed E-state index contributed by atoms with van der Waals surface area (Å²) in [6.45, 7) is 8.19. The summed E-state index contributed by atoms with van der Waals surface area (Å²) in [4.78, 5) is 27.6. The highest BCUT2D eigenvalue weighted by atomic mass is 35.5. The minimum absolute atomic E-state index is 0.0434. The molecular weight excluding hydrogens is 521 g/mol. The van der Waals surface area contributed by atoms with Gasteiger partial charge in [-0.25, -0.2) is 8.42 Å². The predicted octanol–water partition coefficient (Wildman–Crippen LogP) is 5.04. The summed E-state index contributed by atoms with van der Waals surface area (Å²) in [5.74, 6) is -0.319. The van der Waals surface area contributed by atoms with Crippen LogP contribution in [0.4, 0.5) is 5.69 Å². The van der Waals surface area contributed by atoms with Gasteiger partial charge >= 0.3 is 0 Å². The van der Waals surface area contributed by atoms with Crippen molar-refractivity contribution in [2.75, 3.05) is 23.7 Å². The first-order valence-corrected chi connectivity index (χ1v) is 14.5. The predicted molar refractivity (Wildman–Crippen MR) is 147 cm³/mol. The van der Waals surface area contributed by atoms with Crippen LogP contribution in [0.1, 0.15) is 44.7 Å². The van der Waals surface area contributed by atoms with Crippen LogP contribution in [0.2, 0.25) is 10.0 Å². The van der Waals surface area contributed by atoms with Crippen molar-refractivity contribution in [3.05, 3.63) is 63.6 Å². The van der Waals surface area contributed by atoms with Crippen molar-refractivity contribution in [1.29, 1.82) is 0 Å². The van der Waals surface area contributed by atoms with Gasteiger partial charge in [-0.05, 0) is 56.0 Å². The van der Waals surface area contributed by atoms with Crippen molar-refractivity contribution in [2.24, 2.45) is 5.92 Å². The number of anilines is 1. The minimum atomic E-state index is -3.55. The maximum atomic E-state index is 13.4. The largest absolute Gasteiger partial charge is 0.354 e. The van der Waals surface area contributed by atoms with E-state index in [1.165, 1.54) is 9.21 Å². The van der Waals surface area contributed by atoms with Gasteiger partial charge in [0.15, 0.2) is 0 Å². The summed E-state index contributed by atoms with van der Waals surface area (Å²) in [6, 6.07) is 11.5. The van der Waals surface area contributed by atoms with E-state index in [4.69, 9.17) is 23.2 Å². The Morgan fingerprint density at radius 3 is 2.19 bits per heavy atom. The molecule has 0 fully saturated rings. The molecule has 2 aromatic carbocycles. The molecule has 0 saturated heterocycles. The molecule has 0 bridgehead atoms. The zero-order valence-corrected chi connectivity index (χ0v) is 23.8. The Morgan fingerprint density at radius 2 is 1.64 bits per heavy atom. The number of hydrogen-bond donors (Lipinski definition) is 1. The standard InChI is InChI=1S/C26H35Cl2N3O4S/c1-18(2)16-29-26(33)20(4)30(17-22-23(27)11-7-12-24(22)28)25(32)13-8-14-31(36(5,34)35)21-10-6-9-19(3)15-21/h6-7,9-12,15,18,20H,8,13-14,16-17H2,1-5H3,(H,29,33)/t20-/m0/s1. The lowest BCUT2D eigenvalue weighted by Gasteiger charge is -2.30. The molecule has 0 radical (unpaired) electrons. The zero-order chi connectivity index (χ0) is 27.0. The number of amides is 2. The van der Waals surface area contributed by atoms with Gasteiger partial charge in [0.2, 0.25) is 21.8 Å². The summed E-state index contributed by atoms with van der Waals surface area (Å²) < 4.78 is 26.2. The molecule has 10 heteroatoms. The molecule has 36 heavy (non-hydrogen) atoms. The number of aryl methyl sites for hydroxylation is 1. The number of carbonyl (C=O) groups is 2. The van der Waals surface area contributed by atoms with Crippen LogP contribution in [-0.2, 0) is 26.2 Å². The Hall–Kier alpha value is -2.29. The lowest BCUT2D eigenvalue weighted by molar-refractivity contribution is -0.140. The zero-order valence-electron chi connectivity index (χ0n) is 21.4. The molecule has 0 aliphatic rings. The third-order valence-corrected chi connectivity index (χ3v) is 7.59. The average molecular weight is 557 g/mol. The smallest absolute Gasteiger partial charge is 0.242 e. The average Bonchev–Trinajstić information content (AvgIpc) is 2.78. The van der Waals surface area contributed by atoms with Crippen LogP contribution in [0.3, 0.4) is 0 Å². The maximum Gasteiger partial charge on any atom is 0.242 e. The SMILES string of the molecule is Cc1cccc(N(CCCC(=O)N(Cc2c(Cl)cccc2Cl)[C@@H](C)C(=O)NCC(C)C)S(C)(=O)=O)c1. The second kappa shape index (κ2) is 13.3. The first-order valence-electron chi connectivity index (χ1n) is 11.9. The number of hydrogen-bond acceptors (Lipinski definition) is 4. The van der Waals surface area contributed by atoms with E-state index in [0.29, 0.717) is 27.8 Å². The first kappa shape index (κ1) is 29.9.